The summed E-state index contributed by atoms with van der Waals surface area (Å²) in [4.78, 5) is 78.6. The SMILES string of the molecule is CC(CNCC(C)COCC(C)CC(=O)NCCC(C)(C)OCCC(C)(C)C(=O)NCCC(C)(C)OCCC(C)(C)C(=O)NCC(C)(C)CC(C)(C)C)COCC(C)CC(=O)NCCC(C)(C)OCCC(C)(C)C(=O)NCCC(C)(C)OCCC(C)(C)C(=O)NCC(C)(C)CC(C)(C)C. The lowest BCUT2D eigenvalue weighted by Crippen LogP contribution is -2.43. The zero-order valence-corrected chi connectivity index (χ0v) is 69.5. The molecule has 0 aliphatic rings. The fourth-order valence-corrected chi connectivity index (χ4v) is 12.2. The minimum atomic E-state index is -0.642. The Bertz CT molecular complexity index is 2210. The second-order valence-electron chi connectivity index (χ2n) is 38.9. The molecule has 4 atom stereocenters. The molecule has 19 heteroatoms. The maximum absolute atomic E-state index is 13.3. The maximum atomic E-state index is 13.3. The van der Waals surface area contributed by atoms with Crippen LogP contribution in [0.5, 0.6) is 0 Å². The predicted octanol–water partition coefficient (Wildman–Crippen LogP) is 14.0. The van der Waals surface area contributed by atoms with Crippen LogP contribution in [0.2, 0.25) is 0 Å². The molecule has 0 heterocycles. The summed E-state index contributed by atoms with van der Waals surface area (Å²) in [6.45, 7) is 70.8. The van der Waals surface area contributed by atoms with Crippen LogP contribution in [0, 0.1) is 67.0 Å². The van der Waals surface area contributed by atoms with E-state index in [9.17, 15) is 28.8 Å². The largest absolute Gasteiger partial charge is 0.381 e. The van der Waals surface area contributed by atoms with Gasteiger partial charge in [-0.05, 0) is 178 Å². The summed E-state index contributed by atoms with van der Waals surface area (Å²) in [7, 11) is 0. The highest BCUT2D eigenvalue weighted by Crippen LogP contribution is 2.35. The number of nitrogens with one attached hydrogen (secondary N) is 7. The molecule has 0 bridgehead atoms. The second-order valence-corrected chi connectivity index (χ2v) is 38.9. The number of hydrogen-bond acceptors (Lipinski definition) is 13. The van der Waals surface area contributed by atoms with Crippen LogP contribution in [0.25, 0.3) is 0 Å². The van der Waals surface area contributed by atoms with Gasteiger partial charge in [0.15, 0.2) is 0 Å². The first-order chi connectivity index (χ1) is 44.8. The third-order valence-corrected chi connectivity index (χ3v) is 18.6. The number of hydrogen-bond donors (Lipinski definition) is 7. The van der Waals surface area contributed by atoms with E-state index < -0.39 is 44.1 Å². The van der Waals surface area contributed by atoms with Gasteiger partial charge in [0.2, 0.25) is 35.4 Å². The summed E-state index contributed by atoms with van der Waals surface area (Å²) in [5, 5.41) is 22.2. The number of carbonyl (C=O) groups is 6. The average molecular weight is 1410 g/mol. The lowest BCUT2D eigenvalue weighted by molar-refractivity contribution is -0.133. The smallest absolute Gasteiger partial charge is 0.225 e. The van der Waals surface area contributed by atoms with Crippen molar-refractivity contribution in [2.45, 2.75) is 307 Å². The van der Waals surface area contributed by atoms with Crippen LogP contribution in [0.3, 0.4) is 0 Å². The van der Waals surface area contributed by atoms with Crippen LogP contribution in [0.1, 0.15) is 285 Å². The molecule has 0 aliphatic carbocycles. The van der Waals surface area contributed by atoms with Crippen molar-refractivity contribution in [2.24, 2.45) is 67.0 Å². The van der Waals surface area contributed by atoms with E-state index in [1.54, 1.807) is 0 Å². The van der Waals surface area contributed by atoms with Crippen molar-refractivity contribution in [3.8, 4) is 0 Å². The zero-order valence-electron chi connectivity index (χ0n) is 69.5. The molecule has 584 valence electrons. The van der Waals surface area contributed by atoms with Gasteiger partial charge in [-0.15, -0.1) is 0 Å². The quantitative estimate of drug-likeness (QED) is 0.0300. The van der Waals surface area contributed by atoms with Crippen molar-refractivity contribution in [1.29, 1.82) is 0 Å². The Morgan fingerprint density at radius 1 is 0.303 bits per heavy atom. The Labute approximate surface area is 606 Å². The van der Waals surface area contributed by atoms with Crippen molar-refractivity contribution >= 4 is 35.4 Å². The van der Waals surface area contributed by atoms with Crippen LogP contribution in [-0.4, -0.2) is 163 Å². The molecule has 0 aromatic heterocycles. The minimum Gasteiger partial charge on any atom is -0.381 e. The molecule has 0 aliphatic heterocycles. The summed E-state index contributed by atoms with van der Waals surface area (Å²) >= 11 is 0. The van der Waals surface area contributed by atoms with Crippen LogP contribution in [0.15, 0.2) is 0 Å². The third-order valence-electron chi connectivity index (χ3n) is 18.6. The molecule has 0 spiro atoms. The molecule has 6 amide bonds. The molecule has 0 aromatic rings. The normalized spacial score (nSPS) is 14.8. The summed E-state index contributed by atoms with van der Waals surface area (Å²) in [5.74, 6) is 0.660. The lowest BCUT2D eigenvalue weighted by Gasteiger charge is -2.34. The monoisotopic (exact) mass is 1410 g/mol. The minimum absolute atomic E-state index is 0.000889. The molecule has 0 saturated carbocycles. The summed E-state index contributed by atoms with van der Waals surface area (Å²) < 4.78 is 37.1. The predicted molar refractivity (Wildman–Crippen MR) is 406 cm³/mol. The van der Waals surface area contributed by atoms with Gasteiger partial charge >= 0.3 is 0 Å². The molecular weight excluding hydrogens is 1250 g/mol. The van der Waals surface area contributed by atoms with Crippen molar-refractivity contribution in [3.05, 3.63) is 0 Å². The van der Waals surface area contributed by atoms with Gasteiger partial charge in [0.25, 0.3) is 0 Å². The molecule has 4 unspecified atom stereocenters. The zero-order chi connectivity index (χ0) is 76.8. The van der Waals surface area contributed by atoms with Gasteiger partial charge in [0.05, 0.1) is 35.6 Å². The topological polar surface area (TPSA) is 242 Å². The highest BCUT2D eigenvalue weighted by molar-refractivity contribution is 5.83. The fraction of sp³-hybridized carbons (Fsp3) is 0.925. The fourth-order valence-electron chi connectivity index (χ4n) is 12.2. The molecule has 0 fully saturated rings. The molecular formula is C80H157N7O12. The molecule has 0 radical (unpaired) electrons. The van der Waals surface area contributed by atoms with Gasteiger partial charge < -0.3 is 65.6 Å². The van der Waals surface area contributed by atoms with Crippen molar-refractivity contribution in [3.63, 3.8) is 0 Å². The first-order valence-corrected chi connectivity index (χ1v) is 37.9. The van der Waals surface area contributed by atoms with E-state index in [2.05, 4.69) is 120 Å². The standard InChI is InChI=1S/C80H157N7O12/c1-59(47-63(88)82-39-31-77(23,24)96-43-35-73(15,16)65(90)84-41-33-79(27,28)98-45-37-75(19,20)67(92)86-57-71(11,12)55-69(5,6)7)51-94-53-61(3)49-81-50-62(4)54-95-52-60(2)48-64(89)83-40-32-78(25,26)97-44-36-74(17,18)66(91)85-42-34-80(29,30)99-46-38-76(21,22)68(93)87-58-72(13,14)56-70(8,9)10/h59-62,81H,31-58H2,1-30H3,(H,82,88)(H,83,89)(H,84,90)(H,85,91)(H,86,92)(H,87,93). The highest BCUT2D eigenvalue weighted by Gasteiger charge is 2.36. The second kappa shape index (κ2) is 42.5. The molecule has 99 heavy (non-hydrogen) atoms. The third kappa shape index (κ3) is 47.5. The number of carbonyl (C=O) groups excluding carboxylic acids is 6. The molecule has 0 saturated heterocycles. The maximum Gasteiger partial charge on any atom is 0.225 e. The number of rotatable bonds is 54. The van der Waals surface area contributed by atoms with E-state index >= 15 is 0 Å². The number of ether oxygens (including phenoxy) is 6. The highest BCUT2D eigenvalue weighted by atomic mass is 16.5. The lowest BCUT2D eigenvalue weighted by atomic mass is 9.76. The molecule has 0 aromatic carbocycles. The average Bonchev–Trinajstić information content (AvgIpc) is 0.890. The number of amides is 6. The Hall–Kier alpha value is -3.46. The Morgan fingerprint density at radius 3 is 0.788 bits per heavy atom. The van der Waals surface area contributed by atoms with E-state index in [4.69, 9.17) is 28.4 Å². The van der Waals surface area contributed by atoms with Crippen LogP contribution >= 0.6 is 0 Å². The Morgan fingerprint density at radius 2 is 0.535 bits per heavy atom. The van der Waals surface area contributed by atoms with Crippen LogP contribution < -0.4 is 37.2 Å². The van der Waals surface area contributed by atoms with Crippen molar-refractivity contribution in [2.75, 3.05) is 105 Å². The molecule has 19 nitrogen and oxygen atoms in total. The molecule has 0 rings (SSSR count). The Kier molecular flexibility index (Phi) is 41.0. The van der Waals surface area contributed by atoms with E-state index in [0.29, 0.717) is 156 Å². The Balaban J connectivity index is 4.38. The molecule has 7 N–H and O–H groups in total. The van der Waals surface area contributed by atoms with Gasteiger partial charge in [0, 0.05) is 113 Å². The van der Waals surface area contributed by atoms with E-state index in [1.807, 2.05) is 125 Å². The first-order valence-electron chi connectivity index (χ1n) is 37.9. The van der Waals surface area contributed by atoms with Crippen LogP contribution in [-0.2, 0) is 57.2 Å². The van der Waals surface area contributed by atoms with Crippen molar-refractivity contribution < 1.29 is 57.2 Å². The first kappa shape index (κ1) is 95.5. The van der Waals surface area contributed by atoms with Gasteiger partial charge in [-0.25, -0.2) is 0 Å². The summed E-state index contributed by atoms with van der Waals surface area (Å²) in [6, 6.07) is 0. The summed E-state index contributed by atoms with van der Waals surface area (Å²) in [6.07, 6.45) is 7.53. The van der Waals surface area contributed by atoms with Gasteiger partial charge in [-0.2, -0.15) is 0 Å². The van der Waals surface area contributed by atoms with E-state index in [0.717, 1.165) is 25.9 Å². The summed E-state index contributed by atoms with van der Waals surface area (Å²) in [5.41, 5.74) is -4.00. The van der Waals surface area contributed by atoms with Gasteiger partial charge in [-0.1, -0.05) is 152 Å². The van der Waals surface area contributed by atoms with Crippen molar-refractivity contribution in [1.82, 2.24) is 37.2 Å². The van der Waals surface area contributed by atoms with E-state index in [-0.39, 0.29) is 80.8 Å². The van der Waals surface area contributed by atoms with E-state index in [1.165, 1.54) is 0 Å². The van der Waals surface area contributed by atoms with Crippen LogP contribution in [0.4, 0.5) is 0 Å². The van der Waals surface area contributed by atoms with Gasteiger partial charge in [0.1, 0.15) is 0 Å². The van der Waals surface area contributed by atoms with Gasteiger partial charge in [-0.3, -0.25) is 28.8 Å².